The molecule has 2 aliphatic rings. The molecule has 3 heterocycles. The fraction of sp³-hybridized carbons (Fsp3) is 0.500. The van der Waals surface area contributed by atoms with Gasteiger partial charge in [-0.2, -0.15) is 0 Å². The number of hydrogen-bond acceptors (Lipinski definition) is 10. The van der Waals surface area contributed by atoms with E-state index in [2.05, 4.69) is 4.98 Å². The fourth-order valence-corrected chi connectivity index (χ4v) is 8.45. The summed E-state index contributed by atoms with van der Waals surface area (Å²) >= 11 is 0. The minimum atomic E-state index is -3.92. The molecule has 0 spiro atoms. The van der Waals surface area contributed by atoms with Gasteiger partial charge in [0.2, 0.25) is 5.75 Å². The van der Waals surface area contributed by atoms with Crippen LogP contribution in [0.2, 0.25) is 0 Å². The van der Waals surface area contributed by atoms with Crippen LogP contribution in [0.4, 0.5) is 0 Å². The maximum absolute atomic E-state index is 14.5. The number of nitrogens with zero attached hydrogens (tertiary/aromatic N) is 3. The lowest BCUT2D eigenvalue weighted by atomic mass is 10.0. The van der Waals surface area contributed by atoms with E-state index in [1.54, 1.807) is 43.0 Å². The van der Waals surface area contributed by atoms with Gasteiger partial charge in [-0.3, -0.25) is 4.79 Å². The van der Waals surface area contributed by atoms with Gasteiger partial charge in [0.1, 0.15) is 24.8 Å². The van der Waals surface area contributed by atoms with E-state index in [0.717, 1.165) is 37.1 Å². The molecule has 4 aromatic rings. The number of H-pyrrole nitrogens is 1. The summed E-state index contributed by atoms with van der Waals surface area (Å²) in [6.45, 7) is 5.22. The van der Waals surface area contributed by atoms with Crippen molar-refractivity contribution < 1.29 is 32.1 Å². The zero-order valence-corrected chi connectivity index (χ0v) is 28.2. The fourth-order valence-electron chi connectivity index (χ4n) is 6.64. The Morgan fingerprint density at radius 3 is 2.62 bits per heavy atom. The van der Waals surface area contributed by atoms with Crippen LogP contribution in [0.5, 0.6) is 23.0 Å². The number of benzene rings is 2. The van der Waals surface area contributed by atoms with Gasteiger partial charge in [0.15, 0.2) is 32.7 Å². The molecule has 12 nitrogen and oxygen atoms in total. The highest BCUT2D eigenvalue weighted by molar-refractivity contribution is 7.92. The molecule has 0 bridgehead atoms. The van der Waals surface area contributed by atoms with Gasteiger partial charge in [-0.1, -0.05) is 12.8 Å². The van der Waals surface area contributed by atoms with Crippen molar-refractivity contribution in [2.24, 2.45) is 0 Å². The summed E-state index contributed by atoms with van der Waals surface area (Å²) in [6, 6.07) is 8.36. The predicted octanol–water partition coefficient (Wildman–Crippen LogP) is 5.04. The molecule has 1 N–H and O–H groups in total. The minimum Gasteiger partial charge on any atom is -0.493 e. The molecule has 1 saturated carbocycles. The number of rotatable bonds is 13. The Morgan fingerprint density at radius 1 is 1.09 bits per heavy atom. The monoisotopic (exact) mass is 666 g/mol. The minimum absolute atomic E-state index is 0.100. The number of aryl methyl sites for hydroxylation is 1. The van der Waals surface area contributed by atoms with E-state index < -0.39 is 15.1 Å². The second kappa shape index (κ2) is 13.9. The van der Waals surface area contributed by atoms with Gasteiger partial charge in [0.25, 0.3) is 5.56 Å². The summed E-state index contributed by atoms with van der Waals surface area (Å²) < 4.78 is 58.9. The van der Waals surface area contributed by atoms with Gasteiger partial charge in [0.05, 0.1) is 35.1 Å². The predicted molar refractivity (Wildman–Crippen MR) is 176 cm³/mol. The second-order valence-corrected chi connectivity index (χ2v) is 14.2. The summed E-state index contributed by atoms with van der Waals surface area (Å²) in [7, 11) is -0.775. The van der Waals surface area contributed by atoms with Crippen molar-refractivity contribution in [2.75, 3.05) is 40.6 Å². The molecule has 2 aromatic heterocycles. The molecular formula is C34H42N4O8S. The molecule has 0 radical (unpaired) electrons. The first-order chi connectivity index (χ1) is 22.7. The van der Waals surface area contributed by atoms with Gasteiger partial charge in [-0.15, -0.1) is 5.10 Å². The van der Waals surface area contributed by atoms with E-state index in [1.807, 2.05) is 19.9 Å². The van der Waals surface area contributed by atoms with Crippen LogP contribution in [-0.4, -0.2) is 73.9 Å². The number of methoxy groups -OCH3 is 2. The maximum atomic E-state index is 14.5. The second-order valence-electron chi connectivity index (χ2n) is 12.0. The Labute approximate surface area is 274 Å². The molecule has 1 fully saturated rings. The summed E-state index contributed by atoms with van der Waals surface area (Å²) in [5.74, 6) is 3.14. The van der Waals surface area contributed by atoms with Crippen molar-refractivity contribution in [2.45, 2.75) is 74.9 Å². The Hall–Kier alpha value is -4.10. The molecule has 47 heavy (non-hydrogen) atoms. The number of aromatic nitrogens is 4. The largest absolute Gasteiger partial charge is 0.493 e. The molecule has 1 atom stereocenters. The van der Waals surface area contributed by atoms with E-state index >= 15 is 0 Å². The lowest BCUT2D eigenvalue weighted by Crippen LogP contribution is -2.25. The van der Waals surface area contributed by atoms with Gasteiger partial charge >= 0.3 is 0 Å². The van der Waals surface area contributed by atoms with Crippen molar-refractivity contribution in [1.82, 2.24) is 19.6 Å². The van der Waals surface area contributed by atoms with Crippen LogP contribution in [0.25, 0.3) is 16.9 Å². The van der Waals surface area contributed by atoms with E-state index in [9.17, 15) is 13.2 Å². The quantitative estimate of drug-likeness (QED) is 0.193. The Kier molecular flexibility index (Phi) is 9.74. The molecule has 1 aliphatic heterocycles. The molecule has 2 aromatic carbocycles. The summed E-state index contributed by atoms with van der Waals surface area (Å²) in [5, 5.41) is 4.04. The van der Waals surface area contributed by atoms with E-state index in [1.165, 1.54) is 0 Å². The average Bonchev–Trinajstić information content (AvgIpc) is 3.72. The topological polar surface area (TPSA) is 143 Å². The first kappa shape index (κ1) is 32.8. The first-order valence-corrected chi connectivity index (χ1v) is 17.8. The molecule has 1 unspecified atom stereocenters. The summed E-state index contributed by atoms with van der Waals surface area (Å²) in [5.41, 5.74) is 1.79. The normalized spacial score (nSPS) is 15.7. The Morgan fingerprint density at radius 2 is 1.87 bits per heavy atom. The number of sulfone groups is 1. The van der Waals surface area contributed by atoms with Crippen LogP contribution in [0.15, 0.2) is 40.0 Å². The number of fused-ring (bicyclic) bond motifs is 2. The third kappa shape index (κ3) is 6.55. The van der Waals surface area contributed by atoms with Crippen molar-refractivity contribution in [3.05, 3.63) is 57.8 Å². The summed E-state index contributed by atoms with van der Waals surface area (Å²) in [4.78, 5) is 21.2. The first-order valence-electron chi connectivity index (χ1n) is 16.2. The summed E-state index contributed by atoms with van der Waals surface area (Å²) in [6.07, 6.45) is 5.29. The van der Waals surface area contributed by atoms with Crippen molar-refractivity contribution in [1.29, 1.82) is 0 Å². The van der Waals surface area contributed by atoms with Crippen molar-refractivity contribution >= 4 is 15.4 Å². The highest BCUT2D eigenvalue weighted by Crippen LogP contribution is 2.41. The highest BCUT2D eigenvalue weighted by Gasteiger charge is 2.31. The molecule has 6 rings (SSSR count). The van der Waals surface area contributed by atoms with E-state index in [4.69, 9.17) is 33.8 Å². The third-order valence-corrected chi connectivity index (χ3v) is 11.1. The zero-order chi connectivity index (χ0) is 33.1. The van der Waals surface area contributed by atoms with E-state index in [0.29, 0.717) is 79.0 Å². The number of nitrogens with one attached hydrogen (secondary N) is 1. The van der Waals surface area contributed by atoms with Crippen LogP contribution >= 0.6 is 0 Å². The zero-order valence-electron chi connectivity index (χ0n) is 27.3. The van der Waals surface area contributed by atoms with Crippen LogP contribution in [0, 0.1) is 6.92 Å². The molecular weight excluding hydrogens is 624 g/mol. The standard InChI is InChI=1S/C34H42N4O8S/c1-5-44-27-13-12-25(20-26(27)32-36-34(39)30-21(2)35-33(38(30)37-32)23-9-6-7-10-23)47(40,41)24(11-8-14-42-3)17-22-18-28(43-4)31-29(19-22)45-15-16-46-31/h12-13,18-20,23-24H,5-11,14-17H2,1-4H3,(H,36,37,39). The lowest BCUT2D eigenvalue weighted by Gasteiger charge is -2.23. The van der Waals surface area contributed by atoms with Crippen LogP contribution in [-0.2, 0) is 21.0 Å². The number of hydrogen-bond donors (Lipinski definition) is 1. The Bertz CT molecular complexity index is 1900. The molecule has 1 aliphatic carbocycles. The maximum Gasteiger partial charge on any atom is 0.277 e. The number of aromatic amines is 1. The highest BCUT2D eigenvalue weighted by atomic mass is 32.2. The van der Waals surface area contributed by atoms with E-state index in [-0.39, 0.29) is 28.6 Å². The number of ether oxygens (including phenoxy) is 5. The lowest BCUT2D eigenvalue weighted by molar-refractivity contribution is 0.165. The van der Waals surface area contributed by atoms with Crippen LogP contribution < -0.4 is 24.5 Å². The van der Waals surface area contributed by atoms with Crippen molar-refractivity contribution in [3.8, 4) is 34.4 Å². The Balaban J connectivity index is 1.42. The molecule has 0 saturated heterocycles. The van der Waals surface area contributed by atoms with Crippen LogP contribution in [0.1, 0.15) is 68.4 Å². The van der Waals surface area contributed by atoms with Gasteiger partial charge in [0, 0.05) is 19.6 Å². The van der Waals surface area contributed by atoms with Gasteiger partial charge < -0.3 is 28.7 Å². The number of imidazole rings is 1. The van der Waals surface area contributed by atoms with Crippen molar-refractivity contribution in [3.63, 3.8) is 0 Å². The third-order valence-electron chi connectivity index (χ3n) is 8.92. The molecule has 13 heteroatoms. The average molecular weight is 667 g/mol. The smallest absolute Gasteiger partial charge is 0.277 e. The van der Waals surface area contributed by atoms with Gasteiger partial charge in [-0.05, 0) is 81.8 Å². The molecule has 0 amide bonds. The van der Waals surface area contributed by atoms with Gasteiger partial charge in [-0.25, -0.2) is 17.9 Å². The SMILES string of the molecule is CCOc1ccc(S(=O)(=O)C(CCCOC)Cc2cc(OC)c3c(c2)OCCO3)cc1-c1nn2c(C3CCCC3)nc(C)c2c(=O)[nH]1. The molecule has 252 valence electrons. The van der Waals surface area contributed by atoms with Crippen LogP contribution in [0.3, 0.4) is 0 Å².